The highest BCUT2D eigenvalue weighted by Gasteiger charge is 2.35. The number of hydrogen-bond acceptors (Lipinski definition) is 2. The largest absolute Gasteiger partial charge is 0.338 e. The number of urea groups is 1. The van der Waals surface area contributed by atoms with Gasteiger partial charge in [0.1, 0.15) is 0 Å². The second kappa shape index (κ2) is 6.79. The van der Waals surface area contributed by atoms with E-state index in [1.54, 1.807) is 0 Å². The molecular formula is C16H31N3O. The van der Waals surface area contributed by atoms with Crippen molar-refractivity contribution in [1.82, 2.24) is 15.5 Å². The average Bonchev–Trinajstić information content (AvgIpc) is 2.84. The van der Waals surface area contributed by atoms with E-state index in [0.29, 0.717) is 17.4 Å². The Labute approximate surface area is 123 Å². The number of nitrogens with zero attached hydrogens (tertiary/aromatic N) is 1. The van der Waals surface area contributed by atoms with Crippen molar-refractivity contribution in [2.75, 3.05) is 26.2 Å². The average molecular weight is 281 g/mol. The van der Waals surface area contributed by atoms with E-state index in [4.69, 9.17) is 0 Å². The molecule has 1 saturated carbocycles. The molecule has 2 fully saturated rings. The van der Waals surface area contributed by atoms with Crippen molar-refractivity contribution in [3.05, 3.63) is 0 Å². The molecule has 0 radical (unpaired) electrons. The van der Waals surface area contributed by atoms with Gasteiger partial charge in [-0.1, -0.05) is 13.3 Å². The zero-order chi connectivity index (χ0) is 14.6. The van der Waals surface area contributed by atoms with E-state index in [2.05, 4.69) is 36.3 Å². The zero-order valence-corrected chi connectivity index (χ0v) is 13.4. The van der Waals surface area contributed by atoms with Gasteiger partial charge in [-0.2, -0.15) is 0 Å². The van der Waals surface area contributed by atoms with Crippen LogP contribution >= 0.6 is 0 Å². The number of nitrogens with one attached hydrogen (secondary N) is 2. The summed E-state index contributed by atoms with van der Waals surface area (Å²) in [6.45, 7) is 10.7. The van der Waals surface area contributed by atoms with Gasteiger partial charge in [-0.05, 0) is 57.4 Å². The Hall–Kier alpha value is -0.770. The first-order chi connectivity index (χ1) is 9.54. The smallest absolute Gasteiger partial charge is 0.314 e. The molecule has 0 bridgehead atoms. The summed E-state index contributed by atoms with van der Waals surface area (Å²) in [6, 6.07) is 0.643. The van der Waals surface area contributed by atoms with Crippen LogP contribution in [0.25, 0.3) is 0 Å². The van der Waals surface area contributed by atoms with Crippen LogP contribution < -0.4 is 10.6 Å². The fourth-order valence-corrected chi connectivity index (χ4v) is 3.40. The molecule has 2 rings (SSSR count). The topological polar surface area (TPSA) is 44.4 Å². The Morgan fingerprint density at radius 1 is 1.35 bits per heavy atom. The lowest BCUT2D eigenvalue weighted by atomic mass is 9.67. The van der Waals surface area contributed by atoms with Crippen molar-refractivity contribution in [2.24, 2.45) is 11.3 Å². The third-order valence-electron chi connectivity index (χ3n) is 5.39. The first kappa shape index (κ1) is 15.6. The van der Waals surface area contributed by atoms with Crippen molar-refractivity contribution in [1.29, 1.82) is 0 Å². The van der Waals surface area contributed by atoms with Crippen LogP contribution in [-0.2, 0) is 0 Å². The number of rotatable bonds is 6. The molecule has 0 aromatic carbocycles. The fourth-order valence-electron chi connectivity index (χ4n) is 3.40. The molecule has 1 heterocycles. The van der Waals surface area contributed by atoms with E-state index in [9.17, 15) is 4.79 Å². The second-order valence-electron chi connectivity index (χ2n) is 7.01. The van der Waals surface area contributed by atoms with E-state index in [0.717, 1.165) is 19.6 Å². The van der Waals surface area contributed by atoms with Crippen LogP contribution in [0.4, 0.5) is 4.79 Å². The van der Waals surface area contributed by atoms with Gasteiger partial charge in [0.25, 0.3) is 0 Å². The van der Waals surface area contributed by atoms with Crippen LogP contribution in [0.3, 0.4) is 0 Å². The maximum Gasteiger partial charge on any atom is 0.314 e. The highest BCUT2D eigenvalue weighted by molar-refractivity contribution is 5.73. The molecule has 2 N–H and O–H groups in total. The molecule has 0 spiro atoms. The van der Waals surface area contributed by atoms with Gasteiger partial charge in [-0.25, -0.2) is 4.79 Å². The first-order valence-corrected chi connectivity index (χ1v) is 8.30. The van der Waals surface area contributed by atoms with Crippen LogP contribution in [0.1, 0.15) is 52.9 Å². The molecule has 2 aliphatic rings. The molecular weight excluding hydrogens is 250 g/mol. The van der Waals surface area contributed by atoms with Crippen LogP contribution in [0.2, 0.25) is 0 Å². The Morgan fingerprint density at radius 3 is 2.60 bits per heavy atom. The van der Waals surface area contributed by atoms with E-state index in [1.165, 1.54) is 38.6 Å². The molecule has 4 nitrogen and oxygen atoms in total. The summed E-state index contributed by atoms with van der Waals surface area (Å²) in [6.07, 6.45) is 6.26. The summed E-state index contributed by atoms with van der Waals surface area (Å²) in [4.78, 5) is 14.4. The van der Waals surface area contributed by atoms with Gasteiger partial charge < -0.3 is 15.5 Å². The number of carbonyl (C=O) groups excluding carboxylic acids is 1. The molecule has 1 unspecified atom stereocenters. The first-order valence-electron chi connectivity index (χ1n) is 8.30. The van der Waals surface area contributed by atoms with E-state index < -0.39 is 0 Å². The SMILES string of the molecule is CCC1(CNC(=O)NCC2CCN(C(C)C)C2)CCC1. The molecule has 0 aromatic rings. The number of carbonyl (C=O) groups is 1. The highest BCUT2D eigenvalue weighted by atomic mass is 16.2. The predicted molar refractivity (Wildman–Crippen MR) is 82.8 cm³/mol. The predicted octanol–water partition coefficient (Wildman–Crippen LogP) is 2.60. The Bertz CT molecular complexity index is 320. The van der Waals surface area contributed by atoms with E-state index >= 15 is 0 Å². The molecule has 116 valence electrons. The molecule has 4 heteroatoms. The van der Waals surface area contributed by atoms with Gasteiger partial charge in [-0.3, -0.25) is 0 Å². The van der Waals surface area contributed by atoms with Crippen molar-refractivity contribution in [3.8, 4) is 0 Å². The van der Waals surface area contributed by atoms with Crippen LogP contribution in [0.5, 0.6) is 0 Å². The minimum atomic E-state index is 0.0210. The van der Waals surface area contributed by atoms with Crippen LogP contribution in [0, 0.1) is 11.3 Å². The van der Waals surface area contributed by atoms with Gasteiger partial charge >= 0.3 is 6.03 Å². The van der Waals surface area contributed by atoms with Gasteiger partial charge in [0.15, 0.2) is 0 Å². The summed E-state index contributed by atoms with van der Waals surface area (Å²) in [5.41, 5.74) is 0.402. The van der Waals surface area contributed by atoms with Crippen molar-refractivity contribution in [3.63, 3.8) is 0 Å². The minimum absolute atomic E-state index is 0.0210. The standard InChI is InChI=1S/C16H31N3O/c1-4-16(7-5-8-16)12-18-15(20)17-10-14-6-9-19(11-14)13(2)3/h13-14H,4-12H2,1-3H3,(H2,17,18,20). The number of hydrogen-bond donors (Lipinski definition) is 2. The van der Waals surface area contributed by atoms with E-state index in [-0.39, 0.29) is 6.03 Å². The van der Waals surface area contributed by atoms with Crippen LogP contribution in [-0.4, -0.2) is 43.2 Å². The van der Waals surface area contributed by atoms with Gasteiger partial charge in [0.2, 0.25) is 0 Å². The van der Waals surface area contributed by atoms with Crippen molar-refractivity contribution in [2.45, 2.75) is 58.9 Å². The molecule has 1 aliphatic carbocycles. The maximum atomic E-state index is 11.9. The highest BCUT2D eigenvalue weighted by Crippen LogP contribution is 2.42. The second-order valence-corrected chi connectivity index (χ2v) is 7.01. The Balaban J connectivity index is 1.61. The third-order valence-corrected chi connectivity index (χ3v) is 5.39. The van der Waals surface area contributed by atoms with Crippen molar-refractivity contribution >= 4 is 6.03 Å². The lowest BCUT2D eigenvalue weighted by Gasteiger charge is -2.41. The molecule has 2 amide bonds. The monoisotopic (exact) mass is 281 g/mol. The maximum absolute atomic E-state index is 11.9. The normalized spacial score (nSPS) is 25.5. The lowest BCUT2D eigenvalue weighted by Crippen LogP contribution is -2.46. The molecule has 1 atom stereocenters. The third kappa shape index (κ3) is 3.87. The zero-order valence-electron chi connectivity index (χ0n) is 13.4. The van der Waals surface area contributed by atoms with Gasteiger partial charge in [0.05, 0.1) is 0 Å². The van der Waals surface area contributed by atoms with E-state index in [1.807, 2.05) is 0 Å². The number of likely N-dealkylation sites (tertiary alicyclic amines) is 1. The number of amides is 2. The summed E-state index contributed by atoms with van der Waals surface area (Å²) in [5.74, 6) is 0.618. The molecule has 20 heavy (non-hydrogen) atoms. The van der Waals surface area contributed by atoms with Gasteiger partial charge in [0, 0.05) is 25.7 Å². The van der Waals surface area contributed by atoms with Crippen LogP contribution in [0.15, 0.2) is 0 Å². The Kier molecular flexibility index (Phi) is 5.30. The van der Waals surface area contributed by atoms with Crippen molar-refractivity contribution < 1.29 is 4.79 Å². The Morgan fingerprint density at radius 2 is 2.10 bits per heavy atom. The quantitative estimate of drug-likeness (QED) is 0.786. The summed E-state index contributed by atoms with van der Waals surface area (Å²) in [5, 5.41) is 6.12. The molecule has 1 aliphatic heterocycles. The summed E-state index contributed by atoms with van der Waals surface area (Å²) >= 11 is 0. The van der Waals surface area contributed by atoms with Gasteiger partial charge in [-0.15, -0.1) is 0 Å². The molecule has 0 aromatic heterocycles. The summed E-state index contributed by atoms with van der Waals surface area (Å²) < 4.78 is 0. The minimum Gasteiger partial charge on any atom is -0.338 e. The summed E-state index contributed by atoms with van der Waals surface area (Å²) in [7, 11) is 0. The lowest BCUT2D eigenvalue weighted by molar-refractivity contribution is 0.126. The molecule has 1 saturated heterocycles. The fraction of sp³-hybridized carbons (Fsp3) is 0.938.